The first-order chi connectivity index (χ1) is 15.2. The molecule has 0 bridgehead atoms. The van der Waals surface area contributed by atoms with Gasteiger partial charge < -0.3 is 0 Å². The van der Waals surface area contributed by atoms with E-state index in [1.807, 2.05) is 0 Å². The summed E-state index contributed by atoms with van der Waals surface area (Å²) in [6.45, 7) is 7.40. The van der Waals surface area contributed by atoms with Crippen LogP contribution in [0.5, 0.6) is 0 Å². The van der Waals surface area contributed by atoms with Gasteiger partial charge in [0.05, 0.1) is 0 Å². The van der Waals surface area contributed by atoms with E-state index in [4.69, 9.17) is 0 Å². The molecule has 0 N–H and O–H groups in total. The minimum Gasteiger partial charge on any atom is -0.0654 e. The van der Waals surface area contributed by atoms with E-state index < -0.39 is 0 Å². The Labute approximate surface area is 197 Å². The Morgan fingerprint density at radius 3 is 1.87 bits per heavy atom. The summed E-state index contributed by atoms with van der Waals surface area (Å²) in [4.78, 5) is 0. The zero-order chi connectivity index (χ0) is 21.9. The second-order valence-corrected chi connectivity index (χ2v) is 12.5. The van der Waals surface area contributed by atoms with E-state index in [1.54, 1.807) is 77.0 Å². The minimum absolute atomic E-state index is 1.00. The molecule has 0 saturated heterocycles. The molecule has 0 aromatic rings. The van der Waals surface area contributed by atoms with Gasteiger partial charge in [-0.2, -0.15) is 0 Å². The Bertz CT molecular complexity index is 433. The van der Waals surface area contributed by atoms with E-state index >= 15 is 0 Å². The van der Waals surface area contributed by atoms with Crippen molar-refractivity contribution in [2.75, 3.05) is 0 Å². The molecule has 0 radical (unpaired) electrons. The minimum atomic E-state index is 1.00. The third kappa shape index (κ3) is 8.37. The maximum atomic E-state index is 2.62. The zero-order valence-corrected chi connectivity index (χ0v) is 21.9. The average Bonchev–Trinajstić information content (AvgIpc) is 2.81. The highest BCUT2D eigenvalue weighted by Gasteiger charge is 2.30. The molecule has 31 heavy (non-hydrogen) atoms. The Hall–Kier alpha value is 0. The van der Waals surface area contributed by atoms with Gasteiger partial charge in [0.2, 0.25) is 0 Å². The molecule has 3 rings (SSSR count). The standard InChI is InChI=1S/C31H58/c1-4-12-28(13-5-2)30-22-20-26(21-23-30)14-11-19-29-17-9-10-18-31(29)24-25(3)27-15-7-6-8-16-27/h25-31H,4-24H2,1-3H3. The molecule has 0 spiro atoms. The Kier molecular flexibility index (Phi) is 11.8. The molecule has 0 heterocycles. The maximum absolute atomic E-state index is 2.62. The molecule has 3 saturated carbocycles. The van der Waals surface area contributed by atoms with E-state index in [0.717, 1.165) is 41.4 Å². The van der Waals surface area contributed by atoms with Crippen LogP contribution < -0.4 is 0 Å². The highest BCUT2D eigenvalue weighted by atomic mass is 14.4. The van der Waals surface area contributed by atoms with Crippen LogP contribution >= 0.6 is 0 Å². The van der Waals surface area contributed by atoms with Crippen LogP contribution in [-0.4, -0.2) is 0 Å². The first-order valence-corrected chi connectivity index (χ1v) is 15.2. The molecule has 3 fully saturated rings. The monoisotopic (exact) mass is 430 g/mol. The van der Waals surface area contributed by atoms with Crippen molar-refractivity contribution >= 4 is 0 Å². The smallest absolute Gasteiger partial charge is 0.0383 e. The molecule has 3 atom stereocenters. The molecule has 0 heteroatoms. The van der Waals surface area contributed by atoms with Gasteiger partial charge in [-0.15, -0.1) is 0 Å². The van der Waals surface area contributed by atoms with Gasteiger partial charge in [0.1, 0.15) is 0 Å². The highest BCUT2D eigenvalue weighted by molar-refractivity contribution is 4.82. The topological polar surface area (TPSA) is 0 Å². The normalized spacial score (nSPS) is 31.7. The first kappa shape index (κ1) is 25.6. The summed E-state index contributed by atoms with van der Waals surface area (Å²) in [5, 5.41) is 0. The van der Waals surface area contributed by atoms with E-state index in [-0.39, 0.29) is 0 Å². The fourth-order valence-corrected chi connectivity index (χ4v) is 8.32. The largest absolute Gasteiger partial charge is 0.0654 e. The second-order valence-electron chi connectivity index (χ2n) is 12.5. The van der Waals surface area contributed by atoms with Crippen molar-refractivity contribution in [1.82, 2.24) is 0 Å². The lowest BCUT2D eigenvalue weighted by atomic mass is 9.69. The number of hydrogen-bond donors (Lipinski definition) is 0. The first-order valence-electron chi connectivity index (χ1n) is 15.2. The van der Waals surface area contributed by atoms with E-state index in [0.29, 0.717) is 0 Å². The van der Waals surface area contributed by atoms with Gasteiger partial charge in [-0.3, -0.25) is 0 Å². The summed E-state index contributed by atoms with van der Waals surface area (Å²) < 4.78 is 0. The van der Waals surface area contributed by atoms with Crippen LogP contribution in [0.4, 0.5) is 0 Å². The fraction of sp³-hybridized carbons (Fsp3) is 1.00. The van der Waals surface area contributed by atoms with Crippen molar-refractivity contribution in [2.45, 2.75) is 156 Å². The summed E-state index contributed by atoms with van der Waals surface area (Å²) in [6, 6.07) is 0. The lowest BCUT2D eigenvalue weighted by Gasteiger charge is -2.37. The zero-order valence-electron chi connectivity index (χ0n) is 21.9. The molecule has 0 amide bonds. The maximum Gasteiger partial charge on any atom is -0.0383 e. The van der Waals surface area contributed by atoms with Crippen LogP contribution in [0.3, 0.4) is 0 Å². The predicted octanol–water partition coefficient (Wildman–Crippen LogP) is 10.6. The van der Waals surface area contributed by atoms with Gasteiger partial charge in [-0.1, -0.05) is 136 Å². The molecule has 0 aliphatic heterocycles. The molecule has 182 valence electrons. The van der Waals surface area contributed by atoms with Crippen molar-refractivity contribution in [2.24, 2.45) is 41.4 Å². The predicted molar refractivity (Wildman–Crippen MR) is 138 cm³/mol. The molecule has 0 nitrogen and oxygen atoms in total. The molecular weight excluding hydrogens is 372 g/mol. The van der Waals surface area contributed by atoms with Crippen molar-refractivity contribution < 1.29 is 0 Å². The Morgan fingerprint density at radius 2 is 1.23 bits per heavy atom. The van der Waals surface area contributed by atoms with E-state index in [1.165, 1.54) is 57.8 Å². The molecule has 0 aromatic carbocycles. The summed E-state index contributed by atoms with van der Waals surface area (Å²) in [7, 11) is 0. The lowest BCUT2D eigenvalue weighted by Crippen LogP contribution is -2.25. The van der Waals surface area contributed by atoms with E-state index in [9.17, 15) is 0 Å². The second kappa shape index (κ2) is 14.3. The van der Waals surface area contributed by atoms with Gasteiger partial charge in [0, 0.05) is 0 Å². The fourth-order valence-electron chi connectivity index (χ4n) is 8.32. The number of hydrogen-bond acceptors (Lipinski definition) is 0. The van der Waals surface area contributed by atoms with Crippen LogP contribution in [0.2, 0.25) is 0 Å². The third-order valence-electron chi connectivity index (χ3n) is 10.3. The molecule has 3 unspecified atom stereocenters. The van der Waals surface area contributed by atoms with Crippen LogP contribution in [-0.2, 0) is 0 Å². The van der Waals surface area contributed by atoms with Gasteiger partial charge in [0.25, 0.3) is 0 Å². The summed E-state index contributed by atoms with van der Waals surface area (Å²) >= 11 is 0. The van der Waals surface area contributed by atoms with Crippen molar-refractivity contribution in [3.63, 3.8) is 0 Å². The van der Waals surface area contributed by atoms with E-state index in [2.05, 4.69) is 20.8 Å². The molecule has 0 aromatic heterocycles. The van der Waals surface area contributed by atoms with Crippen molar-refractivity contribution in [3.05, 3.63) is 0 Å². The van der Waals surface area contributed by atoms with Crippen molar-refractivity contribution in [1.29, 1.82) is 0 Å². The molecule has 3 aliphatic rings. The van der Waals surface area contributed by atoms with Crippen LogP contribution in [0.1, 0.15) is 156 Å². The Balaban J connectivity index is 1.36. The summed E-state index contributed by atoms with van der Waals surface area (Å²) in [5.74, 6) is 7.41. The summed E-state index contributed by atoms with van der Waals surface area (Å²) in [6.07, 6.45) is 32.0. The SMILES string of the molecule is CCCC(CCC)C1CCC(CCCC2CCCCC2CC(C)C2CCCCC2)CC1. The van der Waals surface area contributed by atoms with Crippen LogP contribution in [0, 0.1) is 41.4 Å². The van der Waals surface area contributed by atoms with Crippen LogP contribution in [0.25, 0.3) is 0 Å². The average molecular weight is 431 g/mol. The third-order valence-corrected chi connectivity index (χ3v) is 10.3. The van der Waals surface area contributed by atoms with Gasteiger partial charge in [-0.05, 0) is 60.7 Å². The van der Waals surface area contributed by atoms with Gasteiger partial charge in [-0.25, -0.2) is 0 Å². The molecular formula is C31H58. The highest BCUT2D eigenvalue weighted by Crippen LogP contribution is 2.43. The lowest BCUT2D eigenvalue weighted by molar-refractivity contribution is 0.143. The quantitative estimate of drug-likeness (QED) is 0.289. The Morgan fingerprint density at radius 1 is 0.613 bits per heavy atom. The van der Waals surface area contributed by atoms with Gasteiger partial charge in [0.15, 0.2) is 0 Å². The number of rotatable bonds is 12. The van der Waals surface area contributed by atoms with Crippen LogP contribution in [0.15, 0.2) is 0 Å². The van der Waals surface area contributed by atoms with Crippen molar-refractivity contribution in [3.8, 4) is 0 Å². The summed E-state index contributed by atoms with van der Waals surface area (Å²) in [5.41, 5.74) is 0. The van der Waals surface area contributed by atoms with Gasteiger partial charge >= 0.3 is 0 Å². The molecule has 3 aliphatic carbocycles.